The molecule has 10 heteroatoms. The van der Waals surface area contributed by atoms with E-state index in [1.807, 2.05) is 0 Å². The number of ether oxygens (including phenoxy) is 2. The Bertz CT molecular complexity index is 608. The summed E-state index contributed by atoms with van der Waals surface area (Å²) in [6.07, 6.45) is -3.71. The molecule has 0 heterocycles. The average molecular weight is 332 g/mol. The van der Waals surface area contributed by atoms with Gasteiger partial charge in [-0.15, -0.1) is 0 Å². The molecular formula is C13H14F2N2O6. The maximum atomic E-state index is 12.5. The molecule has 0 fully saturated rings. The summed E-state index contributed by atoms with van der Waals surface area (Å²) in [6, 6.07) is 1.79. The van der Waals surface area contributed by atoms with Crippen molar-refractivity contribution in [1.82, 2.24) is 0 Å². The average Bonchev–Trinajstić information content (AvgIpc) is 2.52. The van der Waals surface area contributed by atoms with Gasteiger partial charge < -0.3 is 14.8 Å². The van der Waals surface area contributed by atoms with Crippen molar-refractivity contribution < 1.29 is 32.8 Å². The van der Waals surface area contributed by atoms with Gasteiger partial charge in [0.15, 0.2) is 0 Å². The van der Waals surface area contributed by atoms with Crippen LogP contribution in [0.25, 0.3) is 0 Å². The zero-order chi connectivity index (χ0) is 17.6. The second-order valence-corrected chi connectivity index (χ2v) is 4.33. The highest BCUT2D eigenvalue weighted by Crippen LogP contribution is 2.27. The number of nitro benzene ring substituents is 1. The number of hydrogen-bond donors (Lipinski definition) is 1. The van der Waals surface area contributed by atoms with Crippen LogP contribution in [0.15, 0.2) is 18.2 Å². The summed E-state index contributed by atoms with van der Waals surface area (Å²) in [5.41, 5.74) is -0.844. The number of carbonyl (C=O) groups is 2. The molecule has 1 atom stereocenters. The lowest BCUT2D eigenvalue weighted by atomic mass is 10.1. The number of rotatable bonds is 7. The highest BCUT2D eigenvalue weighted by Gasteiger charge is 2.27. The van der Waals surface area contributed by atoms with E-state index in [4.69, 9.17) is 0 Å². The van der Waals surface area contributed by atoms with Gasteiger partial charge in [-0.25, -0.2) is 18.4 Å². The van der Waals surface area contributed by atoms with Crippen LogP contribution in [0.4, 0.5) is 20.2 Å². The zero-order valence-electron chi connectivity index (χ0n) is 12.2. The highest BCUT2D eigenvalue weighted by molar-refractivity contribution is 5.91. The number of nitrogens with one attached hydrogen (secondary N) is 1. The maximum absolute atomic E-state index is 12.5. The van der Waals surface area contributed by atoms with Gasteiger partial charge in [0.05, 0.1) is 24.7 Å². The first-order chi connectivity index (χ1) is 10.8. The molecule has 1 unspecified atom stereocenters. The summed E-state index contributed by atoms with van der Waals surface area (Å²) in [4.78, 5) is 33.1. The number of esters is 2. The third kappa shape index (κ3) is 4.87. The molecule has 1 rings (SSSR count). The van der Waals surface area contributed by atoms with E-state index in [2.05, 4.69) is 14.8 Å². The van der Waals surface area contributed by atoms with E-state index in [9.17, 15) is 28.5 Å². The van der Waals surface area contributed by atoms with E-state index in [0.29, 0.717) is 0 Å². The number of methoxy groups -OCH3 is 2. The monoisotopic (exact) mass is 332 g/mol. The number of nitrogens with zero attached hydrogens (tertiary/aromatic N) is 1. The molecule has 8 nitrogen and oxygen atoms in total. The van der Waals surface area contributed by atoms with Gasteiger partial charge in [-0.2, -0.15) is 0 Å². The second-order valence-electron chi connectivity index (χ2n) is 4.33. The van der Waals surface area contributed by atoms with Crippen molar-refractivity contribution in [3.63, 3.8) is 0 Å². The van der Waals surface area contributed by atoms with Crippen molar-refractivity contribution in [3.8, 4) is 0 Å². The third-order valence-corrected chi connectivity index (χ3v) is 2.84. The lowest BCUT2D eigenvalue weighted by Crippen LogP contribution is -2.32. The quantitative estimate of drug-likeness (QED) is 0.462. The summed E-state index contributed by atoms with van der Waals surface area (Å²) in [6.45, 7) is 0. The molecule has 0 aliphatic heterocycles. The molecule has 0 spiro atoms. The van der Waals surface area contributed by atoms with Gasteiger partial charge in [0, 0.05) is 12.5 Å². The van der Waals surface area contributed by atoms with E-state index < -0.39 is 41.4 Å². The van der Waals surface area contributed by atoms with Crippen LogP contribution in [0.3, 0.4) is 0 Å². The molecule has 0 saturated carbocycles. The molecule has 0 radical (unpaired) electrons. The maximum Gasteiger partial charge on any atom is 0.338 e. The summed E-state index contributed by atoms with van der Waals surface area (Å²) in [5.74, 6) is -1.78. The zero-order valence-corrected chi connectivity index (χ0v) is 12.2. The van der Waals surface area contributed by atoms with E-state index in [1.54, 1.807) is 0 Å². The first-order valence-electron chi connectivity index (χ1n) is 6.29. The fourth-order valence-electron chi connectivity index (χ4n) is 1.77. The predicted octanol–water partition coefficient (Wildman–Crippen LogP) is 1.99. The van der Waals surface area contributed by atoms with E-state index >= 15 is 0 Å². The summed E-state index contributed by atoms with van der Waals surface area (Å²) >= 11 is 0. The Morgan fingerprint density at radius 2 is 1.96 bits per heavy atom. The first-order valence-corrected chi connectivity index (χ1v) is 6.29. The normalized spacial score (nSPS) is 11.7. The van der Waals surface area contributed by atoms with Gasteiger partial charge in [0.25, 0.3) is 5.69 Å². The Morgan fingerprint density at radius 3 is 2.43 bits per heavy atom. The first kappa shape index (κ1) is 18.3. The van der Waals surface area contributed by atoms with Crippen molar-refractivity contribution in [1.29, 1.82) is 0 Å². The van der Waals surface area contributed by atoms with Crippen molar-refractivity contribution in [2.45, 2.75) is 18.9 Å². The number of alkyl halides is 2. The summed E-state index contributed by atoms with van der Waals surface area (Å²) in [7, 11) is 2.12. The fourth-order valence-corrected chi connectivity index (χ4v) is 1.77. The second kappa shape index (κ2) is 8.01. The minimum absolute atomic E-state index is 0.0896. The molecule has 0 amide bonds. The van der Waals surface area contributed by atoms with Gasteiger partial charge in [0.1, 0.15) is 11.7 Å². The van der Waals surface area contributed by atoms with E-state index in [0.717, 1.165) is 26.4 Å². The number of carbonyl (C=O) groups excluding carboxylic acids is 2. The van der Waals surface area contributed by atoms with Crippen LogP contribution in [0.5, 0.6) is 0 Å². The summed E-state index contributed by atoms with van der Waals surface area (Å²) < 4.78 is 33.9. The molecule has 0 aromatic heterocycles. The number of halogens is 2. The molecule has 23 heavy (non-hydrogen) atoms. The molecule has 1 N–H and O–H groups in total. The summed E-state index contributed by atoms with van der Waals surface area (Å²) in [5, 5.41) is 13.4. The topological polar surface area (TPSA) is 108 Å². The lowest BCUT2D eigenvalue weighted by Gasteiger charge is -2.17. The number of benzene rings is 1. The molecule has 0 aliphatic rings. The number of hydrogen-bond acceptors (Lipinski definition) is 7. The Hall–Kier alpha value is -2.78. The van der Waals surface area contributed by atoms with Crippen LogP contribution in [0.2, 0.25) is 0 Å². The standard InChI is InChI=1S/C13H14F2N2O6/c1-22-12(18)7-3-4-8(10(5-7)17(20)21)16-9(6-11(14)15)13(19)23-2/h3-5,9,11,16H,6H2,1-2H3. The van der Waals surface area contributed by atoms with Crippen LogP contribution >= 0.6 is 0 Å². The lowest BCUT2D eigenvalue weighted by molar-refractivity contribution is -0.384. The van der Waals surface area contributed by atoms with Crippen LogP contribution in [-0.2, 0) is 14.3 Å². The van der Waals surface area contributed by atoms with Crippen LogP contribution < -0.4 is 5.32 Å². The molecule has 0 aliphatic carbocycles. The van der Waals surface area contributed by atoms with Crippen LogP contribution in [0.1, 0.15) is 16.8 Å². The molecule has 1 aromatic carbocycles. The van der Waals surface area contributed by atoms with Gasteiger partial charge in [0.2, 0.25) is 6.43 Å². The third-order valence-electron chi connectivity index (χ3n) is 2.84. The van der Waals surface area contributed by atoms with Gasteiger partial charge in [-0.1, -0.05) is 0 Å². The largest absolute Gasteiger partial charge is 0.467 e. The smallest absolute Gasteiger partial charge is 0.338 e. The van der Waals surface area contributed by atoms with E-state index in [1.165, 1.54) is 6.07 Å². The Labute approximate surface area is 129 Å². The Morgan fingerprint density at radius 1 is 1.30 bits per heavy atom. The van der Waals surface area contributed by atoms with Crippen molar-refractivity contribution in [2.24, 2.45) is 0 Å². The number of nitro groups is 1. The van der Waals surface area contributed by atoms with Crippen LogP contribution in [-0.4, -0.2) is 43.5 Å². The highest BCUT2D eigenvalue weighted by atomic mass is 19.3. The van der Waals surface area contributed by atoms with E-state index in [-0.39, 0.29) is 11.3 Å². The SMILES string of the molecule is COC(=O)c1ccc(NC(CC(F)F)C(=O)OC)c([N+](=O)[O-])c1. The van der Waals surface area contributed by atoms with Crippen LogP contribution in [0, 0.1) is 10.1 Å². The molecule has 0 saturated heterocycles. The van der Waals surface area contributed by atoms with Crippen molar-refractivity contribution >= 4 is 23.3 Å². The molecule has 0 bridgehead atoms. The Kier molecular flexibility index (Phi) is 6.36. The van der Waals surface area contributed by atoms with Crippen molar-refractivity contribution in [2.75, 3.05) is 19.5 Å². The Balaban J connectivity index is 3.16. The fraction of sp³-hybridized carbons (Fsp3) is 0.385. The van der Waals surface area contributed by atoms with Gasteiger partial charge in [-0.3, -0.25) is 10.1 Å². The minimum Gasteiger partial charge on any atom is -0.467 e. The van der Waals surface area contributed by atoms with Crippen molar-refractivity contribution in [3.05, 3.63) is 33.9 Å². The molecule has 1 aromatic rings. The molecular weight excluding hydrogens is 318 g/mol. The van der Waals surface area contributed by atoms with Gasteiger partial charge in [-0.05, 0) is 12.1 Å². The van der Waals surface area contributed by atoms with Gasteiger partial charge >= 0.3 is 11.9 Å². The number of anilines is 1. The predicted molar refractivity (Wildman–Crippen MR) is 74.5 cm³/mol. The molecule has 126 valence electrons. The minimum atomic E-state index is -2.82.